The van der Waals surface area contributed by atoms with Crippen molar-refractivity contribution < 1.29 is 80.2 Å². The predicted molar refractivity (Wildman–Crippen MR) is 390 cm³/mol. The van der Waals surface area contributed by atoms with E-state index in [-0.39, 0.29) is 25.7 Å². The minimum Gasteiger partial charge on any atom is -0.462 e. The molecule has 0 spiro atoms. The van der Waals surface area contributed by atoms with Crippen molar-refractivity contribution in [3.8, 4) is 0 Å². The van der Waals surface area contributed by atoms with Crippen LogP contribution in [-0.4, -0.2) is 96.7 Å². The average molecular weight is 1400 g/mol. The number of rotatable bonds is 72. The second-order valence-corrected chi connectivity index (χ2v) is 28.5. The Kier molecular flexibility index (Phi) is 67.4. The highest BCUT2D eigenvalue weighted by atomic mass is 31.2. The van der Waals surface area contributed by atoms with E-state index in [2.05, 4.69) is 88.5 Å². The largest absolute Gasteiger partial charge is 0.472 e. The molecule has 96 heavy (non-hydrogen) atoms. The molecule has 3 N–H and O–H groups in total. The Morgan fingerprint density at radius 1 is 0.302 bits per heavy atom. The molecular weight excluding hydrogens is 1260 g/mol. The normalized spacial score (nSPS) is 14.4. The molecule has 0 aromatic rings. The fourth-order valence-corrected chi connectivity index (χ4v) is 11.9. The molecule has 5 unspecified atom stereocenters. The molecule has 0 saturated heterocycles. The van der Waals surface area contributed by atoms with Gasteiger partial charge in [0.25, 0.3) is 0 Å². The van der Waals surface area contributed by atoms with Crippen LogP contribution in [0.15, 0.2) is 72.9 Å². The van der Waals surface area contributed by atoms with Crippen molar-refractivity contribution in [2.75, 3.05) is 39.6 Å². The molecular formula is C77H138O17P2. The van der Waals surface area contributed by atoms with Crippen LogP contribution < -0.4 is 0 Å². The first-order valence-corrected chi connectivity index (χ1v) is 41.2. The van der Waals surface area contributed by atoms with Crippen LogP contribution in [0.3, 0.4) is 0 Å². The molecule has 0 aliphatic heterocycles. The minimum atomic E-state index is -4.98. The summed E-state index contributed by atoms with van der Waals surface area (Å²) in [5.41, 5.74) is 0. The molecule has 5 atom stereocenters. The molecule has 0 aromatic carbocycles. The number of unbranched alkanes of at least 4 members (excludes halogenated alkanes) is 34. The number of phosphoric ester groups is 2. The molecule has 0 rings (SSSR count). The maximum absolute atomic E-state index is 13.1. The SMILES string of the molecule is CC/C=C\C/C=C\C/C=C\C/C=C\C/C=C\CCCC(=O)OCC(COP(=O)(O)OCC(O)COP(=O)(O)OCC(COC(=O)CCCCCCCCCCCCCCCCC)OC(=O)CCCCCCC/C=C\CCCCCC)OC(=O)CCCCCCCCCCCCC. The summed E-state index contributed by atoms with van der Waals surface area (Å²) < 4.78 is 68.4. The first-order valence-electron chi connectivity index (χ1n) is 38.2. The number of carbonyl (C=O) groups is 4. The van der Waals surface area contributed by atoms with Gasteiger partial charge in [-0.3, -0.25) is 37.3 Å². The monoisotopic (exact) mass is 1400 g/mol. The van der Waals surface area contributed by atoms with Crippen molar-refractivity contribution in [3.63, 3.8) is 0 Å². The molecule has 0 radical (unpaired) electrons. The second kappa shape index (κ2) is 70.0. The fourth-order valence-electron chi connectivity index (χ4n) is 10.4. The number of allylic oxidation sites excluding steroid dienone is 12. The Bertz CT molecular complexity index is 2110. The van der Waals surface area contributed by atoms with Crippen molar-refractivity contribution in [2.45, 2.75) is 354 Å². The van der Waals surface area contributed by atoms with Crippen molar-refractivity contribution in [1.29, 1.82) is 0 Å². The topological polar surface area (TPSA) is 237 Å². The predicted octanol–water partition coefficient (Wildman–Crippen LogP) is 21.7. The Morgan fingerprint density at radius 3 is 0.896 bits per heavy atom. The van der Waals surface area contributed by atoms with E-state index in [0.29, 0.717) is 32.1 Å². The van der Waals surface area contributed by atoms with E-state index in [0.717, 1.165) is 116 Å². The molecule has 0 aromatic heterocycles. The van der Waals surface area contributed by atoms with Gasteiger partial charge in [0.15, 0.2) is 12.2 Å². The van der Waals surface area contributed by atoms with Crippen LogP contribution in [0.25, 0.3) is 0 Å². The lowest BCUT2D eigenvalue weighted by atomic mass is 10.0. The highest BCUT2D eigenvalue weighted by molar-refractivity contribution is 7.47. The van der Waals surface area contributed by atoms with Gasteiger partial charge in [-0.25, -0.2) is 9.13 Å². The minimum absolute atomic E-state index is 0.0866. The van der Waals surface area contributed by atoms with Gasteiger partial charge >= 0.3 is 39.5 Å². The number of hydrogen-bond acceptors (Lipinski definition) is 15. The molecule has 0 amide bonds. The number of aliphatic hydroxyl groups excluding tert-OH is 1. The third kappa shape index (κ3) is 69.0. The van der Waals surface area contributed by atoms with Crippen LogP contribution in [-0.2, 0) is 65.4 Å². The molecule has 0 aliphatic carbocycles. The van der Waals surface area contributed by atoms with E-state index in [9.17, 15) is 43.2 Å². The van der Waals surface area contributed by atoms with Crippen molar-refractivity contribution in [2.24, 2.45) is 0 Å². The molecule has 0 bridgehead atoms. The second-order valence-electron chi connectivity index (χ2n) is 25.6. The van der Waals surface area contributed by atoms with Crippen LogP contribution in [0.5, 0.6) is 0 Å². The van der Waals surface area contributed by atoms with Crippen LogP contribution in [0.4, 0.5) is 0 Å². The standard InChI is InChI=1S/C77H138O17P2/c1-5-9-13-17-21-25-29-32-34-35-37-40-43-46-50-54-58-62-75(80)87-67-72(93-76(81)63-59-55-51-47-41-28-24-20-16-12-8-4)69-91-95(83,84)89-65-71(78)66-90-96(85,86)92-70-73(94-77(82)64-60-56-52-48-44-38-31-27-23-19-15-11-7-3)68-88-74(79)61-57-53-49-45-42-39-36-33-30-26-22-18-14-10-6-2/h9,13,21,25,27,31-32,34,37,40,46,50,71-73,78H,5-8,10-12,14-20,22-24,26,28-30,33,35-36,38-39,41-45,47-49,51-70H2,1-4H3,(H,83,84)(H,85,86)/b13-9-,25-21-,31-27-,34-32-,40-37-,50-46-. The number of aliphatic hydroxyl groups is 1. The zero-order chi connectivity index (χ0) is 70.4. The van der Waals surface area contributed by atoms with E-state index < -0.39 is 97.5 Å². The van der Waals surface area contributed by atoms with E-state index in [1.807, 2.05) is 12.2 Å². The summed E-state index contributed by atoms with van der Waals surface area (Å²) >= 11 is 0. The maximum atomic E-state index is 13.1. The van der Waals surface area contributed by atoms with Gasteiger partial charge in [-0.2, -0.15) is 0 Å². The van der Waals surface area contributed by atoms with Crippen molar-refractivity contribution in [3.05, 3.63) is 72.9 Å². The Hall–Kier alpha value is -3.50. The molecule has 19 heteroatoms. The quantitative estimate of drug-likeness (QED) is 0.0169. The summed E-state index contributed by atoms with van der Waals surface area (Å²) in [6, 6.07) is 0. The lowest BCUT2D eigenvalue weighted by molar-refractivity contribution is -0.161. The van der Waals surface area contributed by atoms with Crippen LogP contribution in [0.1, 0.15) is 336 Å². The van der Waals surface area contributed by atoms with E-state index in [4.69, 9.17) is 37.0 Å². The summed E-state index contributed by atoms with van der Waals surface area (Å²) in [6.45, 7) is 4.71. The third-order valence-electron chi connectivity index (χ3n) is 16.2. The lowest BCUT2D eigenvalue weighted by Gasteiger charge is -2.21. The highest BCUT2D eigenvalue weighted by Gasteiger charge is 2.30. The number of ether oxygens (including phenoxy) is 4. The van der Waals surface area contributed by atoms with Gasteiger partial charge in [0.05, 0.1) is 26.4 Å². The smallest absolute Gasteiger partial charge is 0.462 e. The van der Waals surface area contributed by atoms with Crippen molar-refractivity contribution in [1.82, 2.24) is 0 Å². The van der Waals surface area contributed by atoms with Crippen LogP contribution in [0.2, 0.25) is 0 Å². The number of carbonyl (C=O) groups excluding carboxylic acids is 4. The first kappa shape index (κ1) is 92.5. The summed E-state index contributed by atoms with van der Waals surface area (Å²) in [5, 5.41) is 10.6. The summed E-state index contributed by atoms with van der Waals surface area (Å²) in [6.07, 6.45) is 69.0. The Morgan fingerprint density at radius 2 is 0.552 bits per heavy atom. The zero-order valence-corrected chi connectivity index (χ0v) is 62.6. The van der Waals surface area contributed by atoms with Gasteiger partial charge in [-0.1, -0.05) is 293 Å². The summed E-state index contributed by atoms with van der Waals surface area (Å²) in [4.78, 5) is 72.7. The number of esters is 4. The molecule has 0 saturated carbocycles. The maximum Gasteiger partial charge on any atom is 0.472 e. The van der Waals surface area contributed by atoms with Crippen LogP contribution >= 0.6 is 15.6 Å². The molecule has 0 heterocycles. The average Bonchev–Trinajstić information content (AvgIpc) is 1.13. The molecule has 0 fully saturated rings. The highest BCUT2D eigenvalue weighted by Crippen LogP contribution is 2.45. The third-order valence-corrected chi connectivity index (χ3v) is 18.1. The Labute approximate surface area is 583 Å². The van der Waals surface area contributed by atoms with Gasteiger partial charge in [-0.15, -0.1) is 0 Å². The van der Waals surface area contributed by atoms with Crippen LogP contribution in [0, 0.1) is 0 Å². The van der Waals surface area contributed by atoms with Gasteiger partial charge in [0.2, 0.25) is 0 Å². The van der Waals surface area contributed by atoms with Gasteiger partial charge in [-0.05, 0) is 89.9 Å². The number of hydrogen-bond donors (Lipinski definition) is 3. The van der Waals surface area contributed by atoms with E-state index in [1.54, 1.807) is 0 Å². The number of phosphoric acid groups is 2. The molecule has 17 nitrogen and oxygen atoms in total. The van der Waals surface area contributed by atoms with E-state index in [1.165, 1.54) is 135 Å². The van der Waals surface area contributed by atoms with Crippen molar-refractivity contribution >= 4 is 39.5 Å². The summed E-state index contributed by atoms with van der Waals surface area (Å²) in [7, 11) is -9.95. The van der Waals surface area contributed by atoms with Gasteiger partial charge in [0.1, 0.15) is 19.3 Å². The van der Waals surface area contributed by atoms with E-state index >= 15 is 0 Å². The summed E-state index contributed by atoms with van der Waals surface area (Å²) in [5.74, 6) is -2.23. The lowest BCUT2D eigenvalue weighted by Crippen LogP contribution is -2.30. The molecule has 558 valence electrons. The zero-order valence-electron chi connectivity index (χ0n) is 60.8. The fraction of sp³-hybridized carbons (Fsp3) is 0.792. The Balaban J connectivity index is 5.33. The van der Waals surface area contributed by atoms with Gasteiger partial charge in [0, 0.05) is 25.7 Å². The molecule has 0 aliphatic rings. The first-order chi connectivity index (χ1) is 46.7. The van der Waals surface area contributed by atoms with Gasteiger partial charge < -0.3 is 33.8 Å².